The molecule has 4 rings (SSSR count). The monoisotopic (exact) mass is 297 g/mol. The number of para-hydroxylation sites is 1. The Kier molecular flexibility index (Phi) is 3.59. The Balaban J connectivity index is 1.38. The average molecular weight is 297 g/mol. The molecule has 1 unspecified atom stereocenters. The fourth-order valence-electron chi connectivity index (χ4n) is 3.56. The summed E-state index contributed by atoms with van der Waals surface area (Å²) in [6.07, 6.45) is 3.28. The van der Waals surface area contributed by atoms with Gasteiger partial charge in [-0.1, -0.05) is 30.3 Å². The highest BCUT2D eigenvalue weighted by Crippen LogP contribution is 2.40. The number of rotatable bonds is 3. The summed E-state index contributed by atoms with van der Waals surface area (Å²) < 4.78 is 18.7. The maximum Gasteiger partial charge on any atom is 0.124 e. The van der Waals surface area contributed by atoms with Crippen molar-refractivity contribution in [2.45, 2.75) is 37.3 Å². The molecule has 0 spiro atoms. The first-order valence-electron chi connectivity index (χ1n) is 8.03. The maximum absolute atomic E-state index is 13.0. The molecule has 2 aromatic carbocycles. The Morgan fingerprint density at radius 2 is 1.77 bits per heavy atom. The molecule has 0 bridgehead atoms. The normalized spacial score (nSPS) is 26.7. The van der Waals surface area contributed by atoms with Crippen LogP contribution in [0.5, 0.6) is 5.75 Å². The summed E-state index contributed by atoms with van der Waals surface area (Å²) in [5, 5.41) is 3.77. The molecule has 3 heteroatoms. The van der Waals surface area contributed by atoms with E-state index in [4.69, 9.17) is 4.74 Å². The lowest BCUT2D eigenvalue weighted by atomic mass is 9.75. The first-order chi connectivity index (χ1) is 10.8. The van der Waals surface area contributed by atoms with Crippen LogP contribution in [-0.2, 0) is 0 Å². The molecule has 1 heterocycles. The van der Waals surface area contributed by atoms with Crippen LogP contribution >= 0.6 is 0 Å². The second-order valence-corrected chi connectivity index (χ2v) is 6.31. The van der Waals surface area contributed by atoms with Gasteiger partial charge in [0.2, 0.25) is 0 Å². The first kappa shape index (κ1) is 13.8. The second-order valence-electron chi connectivity index (χ2n) is 6.31. The lowest BCUT2D eigenvalue weighted by molar-refractivity contribution is 0.210. The van der Waals surface area contributed by atoms with Crippen LogP contribution in [0.2, 0.25) is 0 Å². The molecule has 1 N–H and O–H groups in total. The summed E-state index contributed by atoms with van der Waals surface area (Å²) in [7, 11) is 0. The Bertz CT molecular complexity index is 649. The third kappa shape index (κ3) is 2.61. The van der Waals surface area contributed by atoms with Crippen LogP contribution in [0, 0.1) is 5.82 Å². The molecule has 114 valence electrons. The SMILES string of the molecule is Fc1ccc(C2CC(NC3CCOc4ccccc43)C2)cc1. The van der Waals surface area contributed by atoms with E-state index in [1.54, 1.807) is 12.1 Å². The van der Waals surface area contributed by atoms with Crippen molar-refractivity contribution in [3.05, 3.63) is 65.5 Å². The summed E-state index contributed by atoms with van der Waals surface area (Å²) >= 11 is 0. The number of ether oxygens (including phenoxy) is 1. The van der Waals surface area contributed by atoms with E-state index >= 15 is 0 Å². The van der Waals surface area contributed by atoms with Gasteiger partial charge in [-0.25, -0.2) is 4.39 Å². The van der Waals surface area contributed by atoms with E-state index in [1.165, 1.54) is 11.1 Å². The van der Waals surface area contributed by atoms with E-state index in [0.717, 1.165) is 31.6 Å². The van der Waals surface area contributed by atoms with Gasteiger partial charge >= 0.3 is 0 Å². The van der Waals surface area contributed by atoms with E-state index < -0.39 is 0 Å². The lowest BCUT2D eigenvalue weighted by Crippen LogP contribution is -2.43. The van der Waals surface area contributed by atoms with Crippen LogP contribution in [0.4, 0.5) is 4.39 Å². The van der Waals surface area contributed by atoms with Gasteiger partial charge in [-0.2, -0.15) is 0 Å². The largest absolute Gasteiger partial charge is 0.493 e. The molecule has 0 radical (unpaired) electrons. The highest BCUT2D eigenvalue weighted by atomic mass is 19.1. The Labute approximate surface area is 130 Å². The van der Waals surface area contributed by atoms with Crippen molar-refractivity contribution in [3.8, 4) is 5.75 Å². The van der Waals surface area contributed by atoms with Gasteiger partial charge in [0.05, 0.1) is 6.61 Å². The zero-order valence-corrected chi connectivity index (χ0v) is 12.5. The molecule has 22 heavy (non-hydrogen) atoms. The quantitative estimate of drug-likeness (QED) is 0.917. The van der Waals surface area contributed by atoms with Gasteiger partial charge in [-0.05, 0) is 42.5 Å². The topological polar surface area (TPSA) is 21.3 Å². The van der Waals surface area contributed by atoms with Gasteiger partial charge in [-0.3, -0.25) is 0 Å². The molecular formula is C19H20FNO. The van der Waals surface area contributed by atoms with Gasteiger partial charge in [0.15, 0.2) is 0 Å². The fraction of sp³-hybridized carbons (Fsp3) is 0.368. The number of hydrogen-bond donors (Lipinski definition) is 1. The molecule has 2 aromatic rings. The fourth-order valence-corrected chi connectivity index (χ4v) is 3.56. The van der Waals surface area contributed by atoms with Gasteiger partial charge < -0.3 is 10.1 Å². The van der Waals surface area contributed by atoms with Crippen molar-refractivity contribution >= 4 is 0 Å². The highest BCUT2D eigenvalue weighted by molar-refractivity contribution is 5.37. The number of hydrogen-bond acceptors (Lipinski definition) is 2. The zero-order valence-electron chi connectivity index (χ0n) is 12.5. The molecule has 1 atom stereocenters. The smallest absolute Gasteiger partial charge is 0.124 e. The minimum absolute atomic E-state index is 0.156. The summed E-state index contributed by atoms with van der Waals surface area (Å²) in [6, 6.07) is 16.2. The minimum Gasteiger partial charge on any atom is -0.493 e. The molecular weight excluding hydrogens is 277 g/mol. The zero-order chi connectivity index (χ0) is 14.9. The first-order valence-corrected chi connectivity index (χ1v) is 8.03. The van der Waals surface area contributed by atoms with E-state index in [9.17, 15) is 4.39 Å². The second kappa shape index (κ2) is 5.73. The standard InChI is InChI=1S/C19H20FNO/c20-15-7-5-13(6-8-15)14-11-16(12-14)21-18-9-10-22-19-4-2-1-3-17(18)19/h1-8,14,16,18,21H,9-12H2. The van der Waals surface area contributed by atoms with Crippen LogP contribution < -0.4 is 10.1 Å². The van der Waals surface area contributed by atoms with Crippen molar-refractivity contribution in [1.82, 2.24) is 5.32 Å². The van der Waals surface area contributed by atoms with Crippen LogP contribution in [0.15, 0.2) is 48.5 Å². The third-order valence-electron chi connectivity index (χ3n) is 4.87. The van der Waals surface area contributed by atoms with Crippen LogP contribution in [0.3, 0.4) is 0 Å². The average Bonchev–Trinajstić information content (AvgIpc) is 2.52. The number of halogens is 1. The summed E-state index contributed by atoms with van der Waals surface area (Å²) in [6.45, 7) is 0.781. The Hall–Kier alpha value is -1.87. The van der Waals surface area contributed by atoms with E-state index in [-0.39, 0.29) is 5.82 Å². The summed E-state index contributed by atoms with van der Waals surface area (Å²) in [5.41, 5.74) is 2.53. The number of benzene rings is 2. The van der Waals surface area contributed by atoms with Crippen molar-refractivity contribution in [2.75, 3.05) is 6.61 Å². The van der Waals surface area contributed by atoms with Crippen molar-refractivity contribution < 1.29 is 9.13 Å². The predicted molar refractivity (Wildman–Crippen MR) is 84.6 cm³/mol. The number of nitrogens with one attached hydrogen (secondary N) is 1. The van der Waals surface area contributed by atoms with E-state index in [1.807, 2.05) is 24.3 Å². The highest BCUT2D eigenvalue weighted by Gasteiger charge is 2.33. The van der Waals surface area contributed by atoms with Gasteiger partial charge in [0.1, 0.15) is 11.6 Å². The molecule has 2 nitrogen and oxygen atoms in total. The molecule has 1 aliphatic carbocycles. The Morgan fingerprint density at radius 3 is 2.59 bits per heavy atom. The molecule has 1 fully saturated rings. The van der Waals surface area contributed by atoms with Crippen molar-refractivity contribution in [1.29, 1.82) is 0 Å². The number of fused-ring (bicyclic) bond motifs is 1. The van der Waals surface area contributed by atoms with Gasteiger partial charge in [0, 0.05) is 24.1 Å². The van der Waals surface area contributed by atoms with Crippen LogP contribution in [0.1, 0.15) is 42.3 Å². The maximum atomic E-state index is 13.0. The molecule has 0 aromatic heterocycles. The predicted octanol–water partition coefficient (Wildman–Crippen LogP) is 4.19. The Morgan fingerprint density at radius 1 is 1.00 bits per heavy atom. The minimum atomic E-state index is -0.156. The van der Waals surface area contributed by atoms with Gasteiger partial charge in [-0.15, -0.1) is 0 Å². The summed E-state index contributed by atoms with van der Waals surface area (Å²) in [4.78, 5) is 0. The van der Waals surface area contributed by atoms with E-state index in [2.05, 4.69) is 17.4 Å². The van der Waals surface area contributed by atoms with Gasteiger partial charge in [0.25, 0.3) is 0 Å². The molecule has 1 saturated carbocycles. The molecule has 1 aliphatic heterocycles. The van der Waals surface area contributed by atoms with Crippen molar-refractivity contribution in [2.24, 2.45) is 0 Å². The lowest BCUT2D eigenvalue weighted by Gasteiger charge is -2.40. The molecule has 2 aliphatic rings. The van der Waals surface area contributed by atoms with Crippen LogP contribution in [0.25, 0.3) is 0 Å². The van der Waals surface area contributed by atoms with Crippen LogP contribution in [-0.4, -0.2) is 12.6 Å². The molecule has 0 saturated heterocycles. The third-order valence-corrected chi connectivity index (χ3v) is 4.87. The summed E-state index contributed by atoms with van der Waals surface area (Å²) in [5.74, 6) is 1.42. The van der Waals surface area contributed by atoms with Crippen molar-refractivity contribution in [3.63, 3.8) is 0 Å². The molecule has 0 amide bonds. The van der Waals surface area contributed by atoms with E-state index in [0.29, 0.717) is 18.0 Å².